The zero-order valence-corrected chi connectivity index (χ0v) is 10.2. The largest absolute Gasteiger partial charge is 3.00 e. The Hall–Kier alpha value is 0.534. The van der Waals surface area contributed by atoms with Crippen LogP contribution in [0.3, 0.4) is 0 Å². The van der Waals surface area contributed by atoms with Gasteiger partial charge in [0.2, 0.25) is 0 Å². The summed E-state index contributed by atoms with van der Waals surface area (Å²) in [4.78, 5) is 10.8. The van der Waals surface area contributed by atoms with Gasteiger partial charge >= 0.3 is 38.7 Å². The van der Waals surface area contributed by atoms with Crippen molar-refractivity contribution < 1.29 is 42.2 Å². The molecule has 0 N–H and O–H groups in total. The van der Waals surface area contributed by atoms with Crippen LogP contribution < -0.4 is 0 Å². The summed E-state index contributed by atoms with van der Waals surface area (Å²) >= 11 is 0. The first-order chi connectivity index (χ1) is 4.68. The van der Waals surface area contributed by atoms with Gasteiger partial charge in [-0.2, -0.15) is 7.05 Å². The number of likely N-dealkylation sites (N-methyl/N-ethyl adjacent to an activating group) is 1. The second-order valence-corrected chi connectivity index (χ2v) is 2.36. The fourth-order valence-electron chi connectivity index (χ4n) is 0.404. The second-order valence-electron chi connectivity index (χ2n) is 2.36. The van der Waals surface area contributed by atoms with E-state index in [0.717, 1.165) is 0 Å². The molecule has 0 aromatic carbocycles. The number of carbonyl (C=O) groups is 1. The predicted octanol–water partition coefficient (Wildman–Crippen LogP) is 1.19. The molecule has 0 aliphatic carbocycles. The Kier molecular flexibility index (Phi) is 11.0. The van der Waals surface area contributed by atoms with Crippen molar-refractivity contribution in [3.63, 3.8) is 0 Å². The Morgan fingerprint density at radius 2 is 2.09 bits per heavy atom. The zero-order chi connectivity index (χ0) is 7.98. The van der Waals surface area contributed by atoms with Gasteiger partial charge in [0.05, 0.1) is 12.5 Å². The van der Waals surface area contributed by atoms with Gasteiger partial charge in [-0.15, -0.1) is 6.54 Å². The SMILES string of the molecule is C[N-]CCOC(=O)C(C)C.[Y+3]. The van der Waals surface area contributed by atoms with E-state index in [1.54, 1.807) is 7.05 Å². The molecule has 0 aliphatic rings. The summed E-state index contributed by atoms with van der Waals surface area (Å²) < 4.78 is 4.81. The summed E-state index contributed by atoms with van der Waals surface area (Å²) in [6.45, 7) is 4.63. The molecule has 11 heavy (non-hydrogen) atoms. The fourth-order valence-corrected chi connectivity index (χ4v) is 0.404. The minimum Gasteiger partial charge on any atom is -0.662 e. The standard InChI is InChI=1S/C7H14NO2.Y/c1-6(2)7(9)10-5-4-8-3;/h6H,4-5H2,1-3H3;/q-1;+3. The first kappa shape index (κ1) is 14.1. The normalized spacial score (nSPS) is 9.09. The van der Waals surface area contributed by atoms with Crippen LogP contribution in [-0.4, -0.2) is 26.2 Å². The van der Waals surface area contributed by atoms with Gasteiger partial charge in [-0.1, -0.05) is 13.8 Å². The van der Waals surface area contributed by atoms with Crippen molar-refractivity contribution in [2.45, 2.75) is 13.8 Å². The van der Waals surface area contributed by atoms with Crippen molar-refractivity contribution in [3.8, 4) is 0 Å². The van der Waals surface area contributed by atoms with E-state index in [-0.39, 0.29) is 44.6 Å². The third-order valence-electron chi connectivity index (χ3n) is 1.03. The summed E-state index contributed by atoms with van der Waals surface area (Å²) in [6, 6.07) is 0. The Bertz CT molecular complexity index is 107. The molecular formula is C7H14NO2Y+2. The summed E-state index contributed by atoms with van der Waals surface area (Å²) in [7, 11) is 1.70. The van der Waals surface area contributed by atoms with E-state index in [1.807, 2.05) is 13.8 Å². The maximum atomic E-state index is 10.8. The number of nitrogens with zero attached hydrogens (tertiary/aromatic N) is 1. The minimum atomic E-state index is -0.149. The molecule has 0 rings (SSSR count). The average molecular weight is 233 g/mol. The van der Waals surface area contributed by atoms with E-state index in [9.17, 15) is 4.79 Å². The molecule has 4 heteroatoms. The Balaban J connectivity index is 0. The van der Waals surface area contributed by atoms with Crippen LogP contribution in [0.5, 0.6) is 0 Å². The van der Waals surface area contributed by atoms with Gasteiger partial charge < -0.3 is 10.1 Å². The van der Waals surface area contributed by atoms with Crippen LogP contribution in [0, 0.1) is 5.92 Å². The van der Waals surface area contributed by atoms with Crippen LogP contribution in [0.15, 0.2) is 0 Å². The Labute approximate surface area is 93.1 Å². The molecule has 0 aromatic heterocycles. The van der Waals surface area contributed by atoms with Crippen LogP contribution in [0.1, 0.15) is 13.8 Å². The maximum Gasteiger partial charge on any atom is 3.00 e. The predicted molar refractivity (Wildman–Crippen MR) is 39.9 cm³/mol. The van der Waals surface area contributed by atoms with Crippen LogP contribution >= 0.6 is 0 Å². The maximum absolute atomic E-state index is 10.8. The van der Waals surface area contributed by atoms with E-state index in [4.69, 9.17) is 4.74 Å². The monoisotopic (exact) mass is 233 g/mol. The Morgan fingerprint density at radius 1 is 1.55 bits per heavy atom. The second kappa shape index (κ2) is 8.63. The van der Waals surface area contributed by atoms with Gasteiger partial charge in [-0.3, -0.25) is 4.79 Å². The van der Waals surface area contributed by atoms with E-state index < -0.39 is 0 Å². The van der Waals surface area contributed by atoms with Crippen LogP contribution in [0.4, 0.5) is 0 Å². The molecular weight excluding hydrogens is 219 g/mol. The molecule has 0 unspecified atom stereocenters. The zero-order valence-electron chi connectivity index (χ0n) is 7.33. The van der Waals surface area contributed by atoms with Crippen LogP contribution in [0.25, 0.3) is 5.32 Å². The molecule has 60 valence electrons. The van der Waals surface area contributed by atoms with Gasteiger partial charge in [0.25, 0.3) is 0 Å². The van der Waals surface area contributed by atoms with Crippen molar-refractivity contribution >= 4 is 5.97 Å². The van der Waals surface area contributed by atoms with Crippen molar-refractivity contribution in [2.75, 3.05) is 20.2 Å². The molecule has 3 nitrogen and oxygen atoms in total. The van der Waals surface area contributed by atoms with Gasteiger partial charge in [-0.05, 0) is 0 Å². The first-order valence-electron chi connectivity index (χ1n) is 3.40. The summed E-state index contributed by atoms with van der Waals surface area (Å²) in [5, 5.41) is 3.79. The smallest absolute Gasteiger partial charge is 0.662 e. The quantitative estimate of drug-likeness (QED) is 0.540. The minimum absolute atomic E-state index is 0. The number of carbonyl (C=O) groups excluding carboxylic acids is 1. The van der Waals surface area contributed by atoms with Crippen molar-refractivity contribution in [3.05, 3.63) is 5.32 Å². The van der Waals surface area contributed by atoms with Crippen molar-refractivity contribution in [1.82, 2.24) is 0 Å². The number of rotatable bonds is 4. The van der Waals surface area contributed by atoms with Gasteiger partial charge in [0, 0.05) is 0 Å². The third kappa shape index (κ3) is 8.44. The molecule has 0 aliphatic heterocycles. The summed E-state index contributed by atoms with van der Waals surface area (Å²) in [5.41, 5.74) is 0. The average Bonchev–Trinajstić information content (AvgIpc) is 1.88. The third-order valence-corrected chi connectivity index (χ3v) is 1.03. The first-order valence-corrected chi connectivity index (χ1v) is 3.40. The van der Waals surface area contributed by atoms with Crippen LogP contribution in [-0.2, 0) is 42.2 Å². The fraction of sp³-hybridized carbons (Fsp3) is 0.857. The van der Waals surface area contributed by atoms with Gasteiger partial charge in [0.15, 0.2) is 0 Å². The van der Waals surface area contributed by atoms with E-state index in [0.29, 0.717) is 13.2 Å². The van der Waals surface area contributed by atoms with Gasteiger partial charge in [-0.25, -0.2) is 0 Å². The topological polar surface area (TPSA) is 40.4 Å². The molecule has 0 spiro atoms. The van der Waals surface area contributed by atoms with Crippen molar-refractivity contribution in [2.24, 2.45) is 5.92 Å². The van der Waals surface area contributed by atoms with E-state index >= 15 is 0 Å². The Morgan fingerprint density at radius 3 is 2.45 bits per heavy atom. The summed E-state index contributed by atoms with van der Waals surface area (Å²) in [6.07, 6.45) is 0. The van der Waals surface area contributed by atoms with Crippen LogP contribution in [0.2, 0.25) is 0 Å². The van der Waals surface area contributed by atoms with Gasteiger partial charge in [0.1, 0.15) is 0 Å². The molecule has 0 saturated carbocycles. The molecule has 0 heterocycles. The number of hydrogen-bond donors (Lipinski definition) is 0. The summed E-state index contributed by atoms with van der Waals surface area (Å²) in [5.74, 6) is -0.180. The molecule has 0 radical (unpaired) electrons. The van der Waals surface area contributed by atoms with Crippen molar-refractivity contribution in [1.29, 1.82) is 0 Å². The number of esters is 1. The van der Waals surface area contributed by atoms with E-state index in [1.165, 1.54) is 0 Å². The molecule has 0 bridgehead atoms. The molecule has 0 atom stereocenters. The number of hydrogen-bond acceptors (Lipinski definition) is 2. The molecule has 0 amide bonds. The molecule has 0 fully saturated rings. The number of ether oxygens (including phenoxy) is 1. The molecule has 0 aromatic rings. The molecule has 0 saturated heterocycles. The van der Waals surface area contributed by atoms with E-state index in [2.05, 4.69) is 5.32 Å².